The normalized spacial score (nSPS) is 46.6. The second-order valence-corrected chi connectivity index (χ2v) is 6.69. The highest BCUT2D eigenvalue weighted by atomic mass is 16.3. The van der Waals surface area contributed by atoms with Gasteiger partial charge in [0.1, 0.15) is 0 Å². The lowest BCUT2D eigenvalue weighted by Gasteiger charge is -2.51. The van der Waals surface area contributed by atoms with Crippen LogP contribution in [0.2, 0.25) is 0 Å². The first-order valence-electron chi connectivity index (χ1n) is 6.90. The van der Waals surface area contributed by atoms with Crippen LogP contribution in [-0.2, 0) is 0 Å². The molecule has 0 aromatic carbocycles. The van der Waals surface area contributed by atoms with Crippen LogP contribution in [0.3, 0.4) is 0 Å². The van der Waals surface area contributed by atoms with Gasteiger partial charge in [-0.25, -0.2) is 0 Å². The zero-order valence-electron chi connectivity index (χ0n) is 11.5. The van der Waals surface area contributed by atoms with Crippen LogP contribution in [0.15, 0.2) is 11.6 Å². The first kappa shape index (κ1) is 13.1. The van der Waals surface area contributed by atoms with E-state index in [0.717, 1.165) is 12.8 Å². The number of hydrogen-bond donors (Lipinski definition) is 2. The molecule has 0 radical (unpaired) electrons. The van der Waals surface area contributed by atoms with Crippen LogP contribution in [-0.4, -0.2) is 21.9 Å². The molecule has 0 spiro atoms. The molecule has 1 saturated carbocycles. The maximum Gasteiger partial charge on any atom is 0.0678 e. The van der Waals surface area contributed by atoms with Gasteiger partial charge in [0.05, 0.1) is 11.7 Å². The molecule has 0 amide bonds. The lowest BCUT2D eigenvalue weighted by molar-refractivity contribution is -0.133. The Balaban J connectivity index is 2.35. The second-order valence-electron chi connectivity index (χ2n) is 6.69. The van der Waals surface area contributed by atoms with Gasteiger partial charge in [0.25, 0.3) is 0 Å². The monoisotopic (exact) mass is 238 g/mol. The molecule has 0 aliphatic heterocycles. The van der Waals surface area contributed by atoms with Crippen molar-refractivity contribution in [3.63, 3.8) is 0 Å². The minimum Gasteiger partial charge on any atom is -0.393 e. The van der Waals surface area contributed by atoms with E-state index in [4.69, 9.17) is 0 Å². The summed E-state index contributed by atoms with van der Waals surface area (Å²) in [5.74, 6) is 1.44. The van der Waals surface area contributed by atoms with E-state index < -0.39 is 5.60 Å². The lowest BCUT2D eigenvalue weighted by atomic mass is 9.57. The third-order valence-corrected chi connectivity index (χ3v) is 4.87. The average Bonchev–Trinajstić information content (AvgIpc) is 2.14. The second kappa shape index (κ2) is 4.40. The van der Waals surface area contributed by atoms with Crippen molar-refractivity contribution in [2.75, 3.05) is 0 Å². The topological polar surface area (TPSA) is 40.5 Å². The first-order chi connectivity index (χ1) is 7.83. The summed E-state index contributed by atoms with van der Waals surface area (Å²) in [7, 11) is 0. The van der Waals surface area contributed by atoms with Crippen LogP contribution >= 0.6 is 0 Å². The third-order valence-electron chi connectivity index (χ3n) is 4.87. The van der Waals surface area contributed by atoms with Gasteiger partial charge in [-0.2, -0.15) is 0 Å². The Kier molecular flexibility index (Phi) is 3.39. The molecule has 0 aromatic rings. The zero-order valence-corrected chi connectivity index (χ0v) is 11.5. The fraction of sp³-hybridized carbons (Fsp3) is 0.867. The van der Waals surface area contributed by atoms with E-state index in [1.165, 1.54) is 5.57 Å². The van der Waals surface area contributed by atoms with E-state index in [2.05, 4.69) is 26.8 Å². The fourth-order valence-corrected chi connectivity index (χ4v) is 4.06. The third kappa shape index (κ3) is 2.30. The van der Waals surface area contributed by atoms with Crippen LogP contribution in [0.1, 0.15) is 47.0 Å². The van der Waals surface area contributed by atoms with Gasteiger partial charge in [-0.3, -0.25) is 0 Å². The van der Waals surface area contributed by atoms with Crippen molar-refractivity contribution in [3.8, 4) is 0 Å². The summed E-state index contributed by atoms with van der Waals surface area (Å²) >= 11 is 0. The van der Waals surface area contributed by atoms with Gasteiger partial charge in [-0.1, -0.05) is 25.5 Å². The Morgan fingerprint density at radius 3 is 2.65 bits per heavy atom. The largest absolute Gasteiger partial charge is 0.393 e. The minimum absolute atomic E-state index is 0.301. The molecule has 2 aliphatic carbocycles. The van der Waals surface area contributed by atoms with Gasteiger partial charge >= 0.3 is 0 Å². The Morgan fingerprint density at radius 1 is 1.41 bits per heavy atom. The van der Waals surface area contributed by atoms with Gasteiger partial charge in [0.2, 0.25) is 0 Å². The summed E-state index contributed by atoms with van der Waals surface area (Å²) in [6.07, 6.45) is 4.64. The molecule has 2 rings (SSSR count). The molecule has 2 heteroatoms. The maximum absolute atomic E-state index is 10.5. The number of fused-ring (bicyclic) bond motifs is 1. The van der Waals surface area contributed by atoms with Gasteiger partial charge in [0, 0.05) is 6.42 Å². The predicted octanol–water partition coefficient (Wildman–Crippen LogP) is 2.75. The first-order valence-corrected chi connectivity index (χ1v) is 6.90. The molecule has 0 heterocycles. The Morgan fingerprint density at radius 2 is 2.06 bits per heavy atom. The van der Waals surface area contributed by atoms with Crippen LogP contribution in [0.4, 0.5) is 0 Å². The van der Waals surface area contributed by atoms with E-state index in [1.807, 2.05) is 6.92 Å². The zero-order chi connectivity index (χ0) is 12.8. The highest BCUT2D eigenvalue weighted by Crippen LogP contribution is 2.49. The van der Waals surface area contributed by atoms with Crippen molar-refractivity contribution in [2.24, 2.45) is 23.7 Å². The summed E-state index contributed by atoms with van der Waals surface area (Å²) < 4.78 is 0. The number of aliphatic hydroxyl groups is 2. The summed E-state index contributed by atoms with van der Waals surface area (Å²) in [5, 5.41) is 20.8. The molecule has 17 heavy (non-hydrogen) atoms. The minimum atomic E-state index is -0.702. The molecule has 5 atom stereocenters. The summed E-state index contributed by atoms with van der Waals surface area (Å²) in [6, 6.07) is 0. The standard InChI is InChI=1S/C15H26O2/c1-9(2)14-11-7-10(3)5-6-12(11)15(4,17)8-13(14)16/h7,9,11-14,16-17H,5-6,8H2,1-4H3/t11-,12-,13-,14+,15-/m1/s1. The van der Waals surface area contributed by atoms with E-state index in [0.29, 0.717) is 30.1 Å². The Hall–Kier alpha value is -0.340. The number of hydrogen-bond acceptors (Lipinski definition) is 2. The van der Waals surface area contributed by atoms with Gasteiger partial charge < -0.3 is 10.2 Å². The highest BCUT2D eigenvalue weighted by molar-refractivity contribution is 5.15. The summed E-state index contributed by atoms with van der Waals surface area (Å²) in [5.41, 5.74) is 0.717. The van der Waals surface area contributed by atoms with E-state index in [9.17, 15) is 10.2 Å². The fourth-order valence-electron chi connectivity index (χ4n) is 4.06. The Bertz CT molecular complexity index is 317. The van der Waals surface area contributed by atoms with Crippen molar-refractivity contribution >= 4 is 0 Å². The van der Waals surface area contributed by atoms with E-state index >= 15 is 0 Å². The van der Waals surface area contributed by atoms with Gasteiger partial charge in [-0.15, -0.1) is 0 Å². The molecule has 0 aromatic heterocycles. The van der Waals surface area contributed by atoms with Crippen LogP contribution in [0.5, 0.6) is 0 Å². The van der Waals surface area contributed by atoms with Crippen LogP contribution in [0, 0.1) is 23.7 Å². The predicted molar refractivity (Wildman–Crippen MR) is 69.5 cm³/mol. The van der Waals surface area contributed by atoms with Crippen molar-refractivity contribution in [2.45, 2.75) is 58.7 Å². The van der Waals surface area contributed by atoms with Gasteiger partial charge in [-0.05, 0) is 50.4 Å². The average molecular weight is 238 g/mol. The lowest BCUT2D eigenvalue weighted by Crippen LogP contribution is -2.54. The highest BCUT2D eigenvalue weighted by Gasteiger charge is 2.50. The van der Waals surface area contributed by atoms with E-state index in [-0.39, 0.29) is 6.10 Å². The summed E-state index contributed by atoms with van der Waals surface area (Å²) in [6.45, 7) is 8.44. The molecule has 0 unspecified atom stereocenters. The van der Waals surface area contributed by atoms with Crippen LogP contribution in [0.25, 0.3) is 0 Å². The molecule has 2 nitrogen and oxygen atoms in total. The molecule has 2 N–H and O–H groups in total. The SMILES string of the molecule is CC1=C[C@H]2[C@H](C(C)C)[C@H](O)C[C@@](C)(O)[C@@H]2CC1. The molecule has 98 valence electrons. The quantitative estimate of drug-likeness (QED) is 0.690. The molecule has 0 saturated heterocycles. The number of allylic oxidation sites excluding steroid dienone is 2. The molecular formula is C15H26O2. The number of rotatable bonds is 1. The molecule has 1 fully saturated rings. The van der Waals surface area contributed by atoms with Crippen molar-refractivity contribution < 1.29 is 10.2 Å². The maximum atomic E-state index is 10.5. The molecular weight excluding hydrogens is 212 g/mol. The molecule has 0 bridgehead atoms. The van der Waals surface area contributed by atoms with Crippen molar-refractivity contribution in [1.29, 1.82) is 0 Å². The van der Waals surface area contributed by atoms with Crippen molar-refractivity contribution in [1.82, 2.24) is 0 Å². The molecule has 2 aliphatic rings. The summed E-state index contributed by atoms with van der Waals surface area (Å²) in [4.78, 5) is 0. The smallest absolute Gasteiger partial charge is 0.0678 e. The van der Waals surface area contributed by atoms with Crippen molar-refractivity contribution in [3.05, 3.63) is 11.6 Å². The van der Waals surface area contributed by atoms with Crippen LogP contribution < -0.4 is 0 Å². The Labute approximate surface area is 105 Å². The van der Waals surface area contributed by atoms with E-state index in [1.54, 1.807) is 0 Å². The van der Waals surface area contributed by atoms with Gasteiger partial charge in [0.15, 0.2) is 0 Å². The number of aliphatic hydroxyl groups excluding tert-OH is 1.